The normalized spacial score (nSPS) is 23.1. The molecule has 1 N–H and O–H groups in total. The molecule has 0 bridgehead atoms. The van der Waals surface area contributed by atoms with Crippen LogP contribution in [0.2, 0.25) is 0 Å². The fourth-order valence-corrected chi connectivity index (χ4v) is 1.85. The summed E-state index contributed by atoms with van der Waals surface area (Å²) in [7, 11) is 0. The maximum absolute atomic E-state index is 12.0. The zero-order valence-electron chi connectivity index (χ0n) is 9.89. The number of carboxylic acids is 1. The molecule has 0 aliphatic carbocycles. The lowest BCUT2D eigenvalue weighted by atomic mass is 10.2. The van der Waals surface area contributed by atoms with Gasteiger partial charge in [-0.15, -0.1) is 6.42 Å². The summed E-state index contributed by atoms with van der Waals surface area (Å²) in [5, 5.41) is 8.78. The summed E-state index contributed by atoms with van der Waals surface area (Å²) < 4.78 is 5.20. The Labute approximate surface area is 101 Å². The lowest BCUT2D eigenvalue weighted by Crippen LogP contribution is -2.40. The van der Waals surface area contributed by atoms with Gasteiger partial charge in [0, 0.05) is 6.54 Å². The smallest absolute Gasteiger partial charge is 0.332 e. The zero-order chi connectivity index (χ0) is 12.8. The van der Waals surface area contributed by atoms with Crippen LogP contribution in [0.15, 0.2) is 0 Å². The molecule has 0 spiro atoms. The van der Waals surface area contributed by atoms with E-state index in [2.05, 4.69) is 5.92 Å². The molecule has 1 amide bonds. The molecule has 1 aliphatic rings. The number of amides is 1. The molecular formula is C12H17NO4. The quantitative estimate of drug-likeness (QED) is 0.709. The molecule has 1 heterocycles. The third kappa shape index (κ3) is 3.46. The van der Waals surface area contributed by atoms with Gasteiger partial charge in [0.1, 0.15) is 6.10 Å². The van der Waals surface area contributed by atoms with Crippen LogP contribution in [-0.4, -0.2) is 47.2 Å². The van der Waals surface area contributed by atoms with Crippen LogP contribution in [0.25, 0.3) is 0 Å². The van der Waals surface area contributed by atoms with Crippen LogP contribution in [0.4, 0.5) is 0 Å². The predicted molar refractivity (Wildman–Crippen MR) is 61.2 cm³/mol. The van der Waals surface area contributed by atoms with Crippen LogP contribution in [0, 0.1) is 12.3 Å². The number of rotatable bonds is 5. The van der Waals surface area contributed by atoms with Crippen molar-refractivity contribution in [3.63, 3.8) is 0 Å². The molecule has 0 saturated carbocycles. The second-order valence-corrected chi connectivity index (χ2v) is 3.99. The van der Waals surface area contributed by atoms with E-state index in [0.717, 1.165) is 6.42 Å². The van der Waals surface area contributed by atoms with Crippen LogP contribution >= 0.6 is 0 Å². The number of carbonyl (C=O) groups is 2. The molecule has 0 aromatic carbocycles. The molecule has 2 atom stereocenters. The molecule has 1 fully saturated rings. The fourth-order valence-electron chi connectivity index (χ4n) is 1.85. The van der Waals surface area contributed by atoms with Crippen LogP contribution in [0.3, 0.4) is 0 Å². The Morgan fingerprint density at radius 2 is 2.12 bits per heavy atom. The second kappa shape index (κ2) is 6.26. The van der Waals surface area contributed by atoms with Gasteiger partial charge in [-0.25, -0.2) is 4.79 Å². The summed E-state index contributed by atoms with van der Waals surface area (Å²) in [6, 6.07) is 0. The third-order valence-electron chi connectivity index (χ3n) is 2.66. The number of hydrogen-bond acceptors (Lipinski definition) is 3. The molecule has 0 aromatic heterocycles. The second-order valence-electron chi connectivity index (χ2n) is 3.99. The molecule has 0 radical (unpaired) electrons. The number of aliphatic carboxylic acids is 1. The third-order valence-corrected chi connectivity index (χ3v) is 2.66. The van der Waals surface area contributed by atoms with E-state index in [1.54, 1.807) is 0 Å². The highest BCUT2D eigenvalue weighted by atomic mass is 16.5. The van der Waals surface area contributed by atoms with Crippen molar-refractivity contribution in [2.75, 3.05) is 13.1 Å². The number of hydrogen-bond donors (Lipinski definition) is 1. The molecule has 2 unspecified atom stereocenters. The van der Waals surface area contributed by atoms with Gasteiger partial charge in [-0.05, 0) is 19.3 Å². The van der Waals surface area contributed by atoms with Crippen molar-refractivity contribution in [3.8, 4) is 12.3 Å². The molecule has 17 heavy (non-hydrogen) atoms. The summed E-state index contributed by atoms with van der Waals surface area (Å²) in [6.07, 6.45) is 5.30. The number of ether oxygens (including phenoxy) is 1. The predicted octanol–water partition coefficient (Wildman–Crippen LogP) is 0.490. The van der Waals surface area contributed by atoms with Crippen molar-refractivity contribution in [3.05, 3.63) is 0 Å². The number of carboxylic acid groups (broad SMARTS) is 1. The van der Waals surface area contributed by atoms with E-state index in [4.69, 9.17) is 16.3 Å². The van der Waals surface area contributed by atoms with E-state index < -0.39 is 18.2 Å². The number of terminal acetylenes is 1. The first-order valence-corrected chi connectivity index (χ1v) is 5.70. The Bertz CT molecular complexity index is 334. The summed E-state index contributed by atoms with van der Waals surface area (Å²) in [5.74, 6) is 1.21. The van der Waals surface area contributed by atoms with Crippen LogP contribution in [0.5, 0.6) is 0 Å². The van der Waals surface area contributed by atoms with E-state index in [1.807, 2.05) is 6.92 Å². The van der Waals surface area contributed by atoms with Gasteiger partial charge >= 0.3 is 5.97 Å². The molecule has 1 aliphatic heterocycles. The Morgan fingerprint density at radius 1 is 1.47 bits per heavy atom. The van der Waals surface area contributed by atoms with E-state index >= 15 is 0 Å². The fraction of sp³-hybridized carbons (Fsp3) is 0.667. The maximum atomic E-state index is 12.0. The first-order chi connectivity index (χ1) is 8.10. The summed E-state index contributed by atoms with van der Waals surface area (Å²) in [4.78, 5) is 24.3. The minimum absolute atomic E-state index is 0.200. The Morgan fingerprint density at radius 3 is 2.59 bits per heavy atom. The van der Waals surface area contributed by atoms with Gasteiger partial charge in [0.15, 0.2) is 6.10 Å². The van der Waals surface area contributed by atoms with Gasteiger partial charge in [-0.2, -0.15) is 0 Å². The molecule has 1 saturated heterocycles. The topological polar surface area (TPSA) is 66.8 Å². The Kier molecular flexibility index (Phi) is 4.98. The molecule has 1 rings (SSSR count). The Balaban J connectivity index is 2.57. The maximum Gasteiger partial charge on any atom is 0.332 e. The zero-order valence-corrected chi connectivity index (χ0v) is 9.89. The number of nitrogens with zero attached hydrogens (tertiary/aromatic N) is 1. The van der Waals surface area contributed by atoms with Gasteiger partial charge in [-0.1, -0.05) is 12.8 Å². The number of carbonyl (C=O) groups excluding carboxylic acids is 1. The molecular weight excluding hydrogens is 222 g/mol. The summed E-state index contributed by atoms with van der Waals surface area (Å²) in [5.41, 5.74) is 0. The Hall–Kier alpha value is -1.54. The standard InChI is InChI=1S/C12H17NO4/c1-3-7-13(8-4-2)11(14)9-5-6-10(17-9)12(15)16/h1,9-10H,4-8H2,2H3,(H,15,16). The molecule has 0 aromatic rings. The van der Waals surface area contributed by atoms with Crippen molar-refractivity contribution in [2.45, 2.75) is 38.4 Å². The molecule has 94 valence electrons. The van der Waals surface area contributed by atoms with Crippen LogP contribution in [-0.2, 0) is 14.3 Å². The van der Waals surface area contributed by atoms with Crippen molar-refractivity contribution in [1.82, 2.24) is 4.90 Å². The SMILES string of the molecule is C#CCN(CCC)C(=O)C1CCC(C(=O)O)O1. The van der Waals surface area contributed by atoms with Gasteiger partial charge < -0.3 is 14.7 Å². The van der Waals surface area contributed by atoms with Gasteiger partial charge in [0.25, 0.3) is 5.91 Å². The first-order valence-electron chi connectivity index (χ1n) is 5.70. The van der Waals surface area contributed by atoms with Crippen molar-refractivity contribution in [2.24, 2.45) is 0 Å². The lowest BCUT2D eigenvalue weighted by molar-refractivity contribution is -0.154. The highest BCUT2D eigenvalue weighted by molar-refractivity contribution is 5.83. The molecule has 5 heteroatoms. The van der Waals surface area contributed by atoms with Gasteiger partial charge in [0.2, 0.25) is 0 Å². The van der Waals surface area contributed by atoms with Crippen LogP contribution < -0.4 is 0 Å². The lowest BCUT2D eigenvalue weighted by Gasteiger charge is -2.22. The van der Waals surface area contributed by atoms with Crippen molar-refractivity contribution >= 4 is 11.9 Å². The molecule has 5 nitrogen and oxygen atoms in total. The van der Waals surface area contributed by atoms with Gasteiger partial charge in [0.05, 0.1) is 6.54 Å². The van der Waals surface area contributed by atoms with Crippen LogP contribution in [0.1, 0.15) is 26.2 Å². The highest BCUT2D eigenvalue weighted by Crippen LogP contribution is 2.21. The summed E-state index contributed by atoms with van der Waals surface area (Å²) in [6.45, 7) is 2.76. The minimum Gasteiger partial charge on any atom is -0.479 e. The van der Waals surface area contributed by atoms with E-state index in [-0.39, 0.29) is 12.5 Å². The van der Waals surface area contributed by atoms with Crippen molar-refractivity contribution < 1.29 is 19.4 Å². The average molecular weight is 239 g/mol. The average Bonchev–Trinajstić information content (AvgIpc) is 2.77. The van der Waals surface area contributed by atoms with E-state index in [9.17, 15) is 9.59 Å². The minimum atomic E-state index is -1.01. The first kappa shape index (κ1) is 13.5. The highest BCUT2D eigenvalue weighted by Gasteiger charge is 2.36. The largest absolute Gasteiger partial charge is 0.479 e. The monoisotopic (exact) mass is 239 g/mol. The summed E-state index contributed by atoms with van der Waals surface area (Å²) >= 11 is 0. The van der Waals surface area contributed by atoms with Gasteiger partial charge in [-0.3, -0.25) is 4.79 Å². The van der Waals surface area contributed by atoms with Crippen molar-refractivity contribution in [1.29, 1.82) is 0 Å². The van der Waals surface area contributed by atoms with E-state index in [1.165, 1.54) is 4.90 Å². The van der Waals surface area contributed by atoms with E-state index in [0.29, 0.717) is 19.4 Å².